The quantitative estimate of drug-likeness (QED) is 0.213. The van der Waals surface area contributed by atoms with E-state index in [0.717, 1.165) is 51.4 Å². The van der Waals surface area contributed by atoms with Gasteiger partial charge in [0, 0.05) is 18.3 Å². The van der Waals surface area contributed by atoms with Crippen molar-refractivity contribution in [2.75, 3.05) is 6.61 Å². The van der Waals surface area contributed by atoms with E-state index in [1.54, 1.807) is 0 Å². The van der Waals surface area contributed by atoms with Crippen LogP contribution in [-0.4, -0.2) is 105 Å². The number of rotatable bonds is 5. The summed E-state index contributed by atoms with van der Waals surface area (Å²) in [7, 11) is 0. The molecule has 8 aliphatic rings. The first-order valence-electron chi connectivity index (χ1n) is 19.0. The fraction of sp³-hybridized carbons (Fsp3) is 0.974. The zero-order valence-corrected chi connectivity index (χ0v) is 30.6. The van der Waals surface area contributed by atoms with Gasteiger partial charge in [-0.15, -0.1) is 0 Å². The molecule has 0 unspecified atom stereocenters. The maximum atomic E-state index is 12.8. The monoisotopic (exact) mass is 692 g/mol. The van der Waals surface area contributed by atoms with Crippen LogP contribution in [0.4, 0.5) is 0 Å². The summed E-state index contributed by atoms with van der Waals surface area (Å²) in [4.78, 5) is 12.1. The Labute approximate surface area is 290 Å². The van der Waals surface area contributed by atoms with E-state index < -0.39 is 66.3 Å². The van der Waals surface area contributed by atoms with Crippen molar-refractivity contribution < 1.29 is 54.0 Å². The van der Waals surface area contributed by atoms with Gasteiger partial charge in [0.15, 0.2) is 12.1 Å². The summed E-state index contributed by atoms with van der Waals surface area (Å²) < 4.78 is 32.0. The minimum Gasteiger partial charge on any atom is -0.457 e. The summed E-state index contributed by atoms with van der Waals surface area (Å²) in [6.07, 6.45) is -0.517. The number of esters is 1. The van der Waals surface area contributed by atoms with E-state index in [2.05, 4.69) is 34.6 Å². The molecule has 0 aromatic rings. The number of fused-ring (bicyclic) bond motifs is 4. The van der Waals surface area contributed by atoms with Crippen LogP contribution < -0.4 is 0 Å². The molecule has 0 radical (unpaired) electrons. The van der Waals surface area contributed by atoms with E-state index in [1.807, 2.05) is 13.8 Å². The standard InChI is InChI=1S/C38H60O11/c1-18-15-20-29(33(5,6)47-19(2)40)49-38(48-20)28(18)34(7)13-14-37-17-36(37)12-11-24(46-30-27(43)26(42)25(41)21(16-39)45-30)32(3,4)22(36)9-10-23(37)35(34,8)31(38)44/h18,20-31,39,41-44H,9-17H2,1-8H3/t18-,20-,21-,22+,23+,24+,25-,26+,27-,28-,29+,30+,31-,34-,35-,36-,37+,38+/m1/s1. The van der Waals surface area contributed by atoms with Gasteiger partial charge in [0.25, 0.3) is 0 Å². The summed E-state index contributed by atoms with van der Waals surface area (Å²) in [6, 6.07) is 0. The highest BCUT2D eigenvalue weighted by Gasteiger charge is 2.88. The lowest BCUT2D eigenvalue weighted by Gasteiger charge is -2.63. The molecule has 5 aliphatic carbocycles. The Morgan fingerprint density at radius 2 is 1.57 bits per heavy atom. The van der Waals surface area contributed by atoms with Crippen LogP contribution in [0.1, 0.15) is 107 Å². The first kappa shape index (κ1) is 35.2. The third-order valence-electron chi connectivity index (χ3n) is 16.7. The number of aliphatic hydroxyl groups excluding tert-OH is 5. The van der Waals surface area contributed by atoms with Crippen molar-refractivity contribution in [1.29, 1.82) is 0 Å². The van der Waals surface area contributed by atoms with Crippen molar-refractivity contribution in [1.82, 2.24) is 0 Å². The molecule has 0 amide bonds. The van der Waals surface area contributed by atoms with Gasteiger partial charge in [0.1, 0.15) is 42.2 Å². The lowest BCUT2D eigenvalue weighted by atomic mass is 9.41. The Morgan fingerprint density at radius 1 is 0.898 bits per heavy atom. The Morgan fingerprint density at radius 3 is 2.24 bits per heavy atom. The van der Waals surface area contributed by atoms with Crippen LogP contribution in [0.15, 0.2) is 0 Å². The summed E-state index contributed by atoms with van der Waals surface area (Å²) >= 11 is 0. The fourth-order valence-corrected chi connectivity index (χ4v) is 14.7. The first-order chi connectivity index (χ1) is 22.8. The van der Waals surface area contributed by atoms with Gasteiger partial charge in [-0.1, -0.05) is 34.6 Å². The van der Waals surface area contributed by atoms with Crippen molar-refractivity contribution in [3.8, 4) is 0 Å². The lowest BCUT2D eigenvalue weighted by Crippen LogP contribution is -2.62. The van der Waals surface area contributed by atoms with Crippen LogP contribution >= 0.6 is 0 Å². The SMILES string of the molecule is CC(=O)OC(C)(C)[C@H]1O[C@@]23O[C@@H]1C[C@@H](C)[C@@H]2[C@@]1(C)CC[C@@]24C[C@@]25CC[C@H](O[C@@H]2O[C@H](CO)[C@@H](O)[C@H](O)[C@H]2O)C(C)(C)[C@@H]5CC[C@H]4[C@]1(C)[C@H]3O. The van der Waals surface area contributed by atoms with E-state index in [-0.39, 0.29) is 51.7 Å². The highest BCUT2D eigenvalue weighted by Crippen LogP contribution is 2.90. The molecule has 11 nitrogen and oxygen atoms in total. The molecule has 8 rings (SSSR count). The Kier molecular flexibility index (Phi) is 7.62. The van der Waals surface area contributed by atoms with Gasteiger partial charge >= 0.3 is 5.97 Å². The van der Waals surface area contributed by atoms with Gasteiger partial charge in [-0.25, -0.2) is 0 Å². The van der Waals surface area contributed by atoms with Crippen LogP contribution in [0.25, 0.3) is 0 Å². The van der Waals surface area contributed by atoms with Gasteiger partial charge in [-0.3, -0.25) is 4.79 Å². The van der Waals surface area contributed by atoms with E-state index in [9.17, 15) is 30.3 Å². The van der Waals surface area contributed by atoms with E-state index >= 15 is 0 Å². The summed E-state index contributed by atoms with van der Waals surface area (Å²) in [5, 5.41) is 54.1. The molecular formula is C38H60O11. The molecule has 0 aromatic heterocycles. The molecule has 5 saturated carbocycles. The number of hydrogen-bond acceptors (Lipinski definition) is 11. The summed E-state index contributed by atoms with van der Waals surface area (Å²) in [5.74, 6) is -0.561. The van der Waals surface area contributed by atoms with Crippen molar-refractivity contribution >= 4 is 5.97 Å². The Hall–Kier alpha value is -0.890. The third-order valence-corrected chi connectivity index (χ3v) is 16.7. The second kappa shape index (κ2) is 10.6. The van der Waals surface area contributed by atoms with Crippen molar-refractivity contribution in [3.05, 3.63) is 0 Å². The molecule has 3 heterocycles. The van der Waals surface area contributed by atoms with Crippen molar-refractivity contribution in [2.45, 2.75) is 173 Å². The van der Waals surface area contributed by atoms with Crippen LogP contribution in [0.5, 0.6) is 0 Å². The van der Waals surface area contributed by atoms with Crippen molar-refractivity contribution in [3.63, 3.8) is 0 Å². The molecule has 3 aliphatic heterocycles. The minimum absolute atomic E-state index is 0.0123. The molecule has 3 spiro atoms. The summed E-state index contributed by atoms with van der Waals surface area (Å²) in [5.41, 5.74) is -1.59. The molecule has 18 atom stereocenters. The van der Waals surface area contributed by atoms with Gasteiger partial charge in [-0.2, -0.15) is 0 Å². The summed E-state index contributed by atoms with van der Waals surface area (Å²) in [6.45, 7) is 16.3. The number of aliphatic hydroxyl groups is 5. The van der Waals surface area contributed by atoms with Crippen molar-refractivity contribution in [2.24, 2.45) is 50.7 Å². The van der Waals surface area contributed by atoms with Crippen LogP contribution in [0.3, 0.4) is 0 Å². The van der Waals surface area contributed by atoms with E-state index in [0.29, 0.717) is 11.8 Å². The van der Waals surface area contributed by atoms with Crippen LogP contribution in [-0.2, 0) is 28.5 Å². The highest BCUT2D eigenvalue weighted by molar-refractivity contribution is 5.66. The molecule has 8 fully saturated rings. The molecule has 2 bridgehead atoms. The molecular weight excluding hydrogens is 632 g/mol. The largest absolute Gasteiger partial charge is 0.457 e. The maximum Gasteiger partial charge on any atom is 0.303 e. The molecule has 49 heavy (non-hydrogen) atoms. The van der Waals surface area contributed by atoms with E-state index in [1.165, 1.54) is 6.92 Å². The number of carbonyl (C=O) groups excluding carboxylic acids is 1. The topological polar surface area (TPSA) is 164 Å². The predicted octanol–water partition coefficient (Wildman–Crippen LogP) is 3.05. The van der Waals surface area contributed by atoms with E-state index in [4.69, 9.17) is 23.7 Å². The molecule has 278 valence electrons. The number of carbonyl (C=O) groups is 1. The van der Waals surface area contributed by atoms with Gasteiger partial charge in [0.05, 0.1) is 18.8 Å². The zero-order valence-electron chi connectivity index (χ0n) is 30.6. The first-order valence-corrected chi connectivity index (χ1v) is 19.0. The lowest BCUT2D eigenvalue weighted by molar-refractivity contribution is -0.326. The smallest absolute Gasteiger partial charge is 0.303 e. The molecule has 0 aromatic carbocycles. The van der Waals surface area contributed by atoms with Gasteiger partial charge in [-0.05, 0) is 105 Å². The minimum atomic E-state index is -1.47. The highest BCUT2D eigenvalue weighted by atomic mass is 16.8. The predicted molar refractivity (Wildman–Crippen MR) is 174 cm³/mol. The second-order valence-electron chi connectivity index (χ2n) is 19.3. The normalized spacial score (nSPS) is 58.4. The average molecular weight is 693 g/mol. The number of ether oxygens (including phenoxy) is 5. The average Bonchev–Trinajstić information content (AvgIpc) is 3.53. The molecule has 3 saturated heterocycles. The van der Waals surface area contributed by atoms with Gasteiger partial charge < -0.3 is 49.2 Å². The third kappa shape index (κ3) is 4.14. The fourth-order valence-electron chi connectivity index (χ4n) is 14.7. The Bertz CT molecular complexity index is 1370. The molecule has 11 heteroatoms. The van der Waals surface area contributed by atoms with Crippen LogP contribution in [0, 0.1) is 50.7 Å². The Balaban J connectivity index is 1.08. The number of hydrogen-bond donors (Lipinski definition) is 5. The second-order valence-corrected chi connectivity index (χ2v) is 19.3. The maximum absolute atomic E-state index is 12.8. The van der Waals surface area contributed by atoms with Gasteiger partial charge in [0.2, 0.25) is 0 Å². The zero-order chi connectivity index (χ0) is 35.5. The molecule has 5 N–H and O–H groups in total. The van der Waals surface area contributed by atoms with Crippen LogP contribution in [0.2, 0.25) is 0 Å².